The summed E-state index contributed by atoms with van der Waals surface area (Å²) in [6, 6.07) is 12.0. The van der Waals surface area contributed by atoms with Crippen molar-refractivity contribution >= 4 is 47.3 Å². The van der Waals surface area contributed by atoms with Gasteiger partial charge in [-0.15, -0.1) is 0 Å². The van der Waals surface area contributed by atoms with Crippen molar-refractivity contribution in [3.63, 3.8) is 0 Å². The fourth-order valence-electron chi connectivity index (χ4n) is 5.80. The highest BCUT2D eigenvalue weighted by molar-refractivity contribution is 5.98. The van der Waals surface area contributed by atoms with Crippen LogP contribution in [0.25, 0.3) is 0 Å². The molecule has 0 aliphatic heterocycles. The maximum absolute atomic E-state index is 13.9. The van der Waals surface area contributed by atoms with Gasteiger partial charge >= 0.3 is 5.97 Å². The van der Waals surface area contributed by atoms with Crippen LogP contribution in [0.3, 0.4) is 0 Å². The molecule has 0 aliphatic carbocycles. The molecule has 0 heterocycles. The summed E-state index contributed by atoms with van der Waals surface area (Å²) in [4.78, 5) is 104. The van der Waals surface area contributed by atoms with Gasteiger partial charge in [-0.1, -0.05) is 68.4 Å². The number of nitrogens with one attached hydrogen (secondary N) is 6. The molecule has 0 aromatic heterocycles. The largest absolute Gasteiger partial charge is 0.508 e. The number of amides is 7. The summed E-state index contributed by atoms with van der Waals surface area (Å²) in [5.41, 5.74) is 12.9. The molecule has 0 spiro atoms. The molecule has 6 atom stereocenters. The smallest absolute Gasteiger partial charge is 0.305 e. The minimum absolute atomic E-state index is 0.0336. The molecular formula is C41H52N8O11. The molecule has 0 radical (unpaired) electrons. The zero-order valence-electron chi connectivity index (χ0n) is 33.3. The molecule has 60 heavy (non-hydrogen) atoms. The predicted octanol–water partition coefficient (Wildman–Crippen LogP) is -1.37. The van der Waals surface area contributed by atoms with Crippen LogP contribution in [-0.4, -0.2) is 105 Å². The predicted molar refractivity (Wildman–Crippen MR) is 216 cm³/mol. The minimum atomic E-state index is -1.80. The third-order valence-electron chi connectivity index (χ3n) is 9.10. The first-order valence-electron chi connectivity index (χ1n) is 19.0. The lowest BCUT2D eigenvalue weighted by atomic mass is 10.00. The molecule has 13 N–H and O–H groups in total. The van der Waals surface area contributed by atoms with E-state index in [9.17, 15) is 53.7 Å². The summed E-state index contributed by atoms with van der Waals surface area (Å²) in [6.45, 7) is 4.10. The summed E-state index contributed by atoms with van der Waals surface area (Å²) < 4.78 is 0. The zero-order valence-corrected chi connectivity index (χ0v) is 33.3. The van der Waals surface area contributed by atoms with Gasteiger partial charge in [0.15, 0.2) is 0 Å². The Labute approximate surface area is 346 Å². The first-order chi connectivity index (χ1) is 28.3. The van der Waals surface area contributed by atoms with E-state index in [-0.39, 0.29) is 30.8 Å². The van der Waals surface area contributed by atoms with Gasteiger partial charge in [-0.25, -0.2) is 0 Å². The maximum atomic E-state index is 13.9. The SMILES string of the molecule is CC(C)[C@H](NC(=O)[C@H](Cc1ccc(O)cc1)NC(=O)[C@H](CC(=O)O)NC(=O)[C@H](Cc1ccccc1)NC(=O)[C@@H](C)NC(=O)[C@@H](N)Cc1ccc(O)cc1)C(=O)NCC(N)=O. The van der Waals surface area contributed by atoms with E-state index >= 15 is 0 Å². The number of primary amides is 1. The number of carbonyl (C=O) groups excluding carboxylic acids is 7. The Morgan fingerprint density at radius 2 is 1.00 bits per heavy atom. The molecule has 3 aromatic rings. The lowest BCUT2D eigenvalue weighted by Gasteiger charge is -2.27. The van der Waals surface area contributed by atoms with Gasteiger partial charge in [0.05, 0.1) is 19.0 Å². The van der Waals surface area contributed by atoms with Crippen molar-refractivity contribution in [2.45, 2.75) is 82.7 Å². The molecule has 0 bridgehead atoms. The monoisotopic (exact) mass is 832 g/mol. The number of hydrogen-bond acceptors (Lipinski definition) is 11. The Morgan fingerprint density at radius 1 is 0.550 bits per heavy atom. The molecule has 7 amide bonds. The molecular weight excluding hydrogens is 780 g/mol. The number of aromatic hydroxyl groups is 2. The molecule has 322 valence electrons. The molecule has 0 unspecified atom stereocenters. The number of phenolic OH excluding ortho intramolecular Hbond substituents is 2. The van der Waals surface area contributed by atoms with Crippen LogP contribution in [0.1, 0.15) is 43.9 Å². The summed E-state index contributed by atoms with van der Waals surface area (Å²) in [5.74, 6) is -8.04. The second-order valence-corrected chi connectivity index (χ2v) is 14.5. The Kier molecular flexibility index (Phi) is 18.0. The van der Waals surface area contributed by atoms with E-state index in [0.717, 1.165) is 0 Å². The third kappa shape index (κ3) is 15.7. The van der Waals surface area contributed by atoms with Crippen molar-refractivity contribution in [2.24, 2.45) is 17.4 Å². The van der Waals surface area contributed by atoms with Gasteiger partial charge in [-0.05, 0) is 60.2 Å². The second-order valence-electron chi connectivity index (χ2n) is 14.5. The van der Waals surface area contributed by atoms with E-state index in [2.05, 4.69) is 31.9 Å². The van der Waals surface area contributed by atoms with Crippen LogP contribution in [0.4, 0.5) is 0 Å². The summed E-state index contributed by atoms with van der Waals surface area (Å²) in [7, 11) is 0. The highest BCUT2D eigenvalue weighted by atomic mass is 16.4. The Bertz CT molecular complexity index is 1980. The number of phenols is 2. The topological polar surface area (TPSA) is 321 Å². The first-order valence-corrected chi connectivity index (χ1v) is 19.0. The Hall–Kier alpha value is -7.02. The number of benzene rings is 3. The Morgan fingerprint density at radius 3 is 1.50 bits per heavy atom. The van der Waals surface area contributed by atoms with Gasteiger partial charge in [-0.2, -0.15) is 0 Å². The zero-order chi connectivity index (χ0) is 44.5. The van der Waals surface area contributed by atoms with Crippen LogP contribution >= 0.6 is 0 Å². The molecule has 3 rings (SSSR count). The van der Waals surface area contributed by atoms with E-state index in [4.69, 9.17) is 11.5 Å². The van der Waals surface area contributed by atoms with Crippen molar-refractivity contribution in [3.8, 4) is 11.5 Å². The fourth-order valence-corrected chi connectivity index (χ4v) is 5.80. The number of carboxylic acid groups (broad SMARTS) is 1. The van der Waals surface area contributed by atoms with E-state index in [1.807, 2.05) is 0 Å². The average Bonchev–Trinajstić information content (AvgIpc) is 3.19. The molecule has 0 fully saturated rings. The third-order valence-corrected chi connectivity index (χ3v) is 9.10. The quantitative estimate of drug-likeness (QED) is 0.0559. The van der Waals surface area contributed by atoms with Gasteiger partial charge in [0.2, 0.25) is 41.4 Å². The van der Waals surface area contributed by atoms with Gasteiger partial charge in [-0.3, -0.25) is 38.4 Å². The minimum Gasteiger partial charge on any atom is -0.508 e. The highest BCUT2D eigenvalue weighted by Crippen LogP contribution is 2.14. The van der Waals surface area contributed by atoms with Crippen molar-refractivity contribution in [1.29, 1.82) is 0 Å². The van der Waals surface area contributed by atoms with Crippen molar-refractivity contribution in [2.75, 3.05) is 6.54 Å². The second kappa shape index (κ2) is 22.8. The number of rotatable bonds is 22. The van der Waals surface area contributed by atoms with E-state index < -0.39 is 102 Å². The van der Waals surface area contributed by atoms with Gasteiger partial charge in [0, 0.05) is 12.8 Å². The number of aliphatic carboxylic acids is 1. The lowest BCUT2D eigenvalue weighted by molar-refractivity contribution is -0.141. The highest BCUT2D eigenvalue weighted by Gasteiger charge is 2.34. The van der Waals surface area contributed by atoms with Crippen molar-refractivity contribution < 1.29 is 53.7 Å². The standard InChI is InChI=1S/C41H52N8O11/c1-22(2)35(41(60)44-21-33(43)52)49-40(59)31(19-26-11-15-28(51)16-12-26)47-39(58)32(20-34(53)54)48-38(57)30(18-24-7-5-4-6-8-24)46-36(55)23(3)45-37(56)29(42)17-25-9-13-27(50)14-10-25/h4-16,22-23,29-32,35,50-51H,17-21,42H2,1-3H3,(H2,43,52)(H,44,60)(H,45,56)(H,46,55)(H,47,58)(H,48,57)(H,49,59)(H,53,54)/t23-,29+,30+,31+,32+,35+/m1/s1. The normalized spacial score (nSPS) is 13.9. The van der Waals surface area contributed by atoms with Crippen molar-refractivity contribution in [3.05, 3.63) is 95.6 Å². The molecule has 0 aliphatic rings. The number of carboxylic acids is 1. The number of nitrogens with two attached hydrogens (primary N) is 2. The maximum Gasteiger partial charge on any atom is 0.305 e. The summed E-state index contributed by atoms with van der Waals surface area (Å²) in [5, 5.41) is 43.8. The van der Waals surface area contributed by atoms with Gasteiger partial charge in [0.25, 0.3) is 0 Å². The van der Waals surface area contributed by atoms with E-state index in [0.29, 0.717) is 16.7 Å². The van der Waals surface area contributed by atoms with E-state index in [1.165, 1.54) is 43.3 Å². The lowest BCUT2D eigenvalue weighted by Crippen LogP contribution is -2.60. The summed E-state index contributed by atoms with van der Waals surface area (Å²) in [6.07, 6.45) is -1.20. The number of hydrogen-bond donors (Lipinski definition) is 11. The van der Waals surface area contributed by atoms with Crippen LogP contribution in [0, 0.1) is 5.92 Å². The molecule has 0 saturated carbocycles. The molecule has 0 saturated heterocycles. The first kappa shape index (κ1) is 47.4. The van der Waals surface area contributed by atoms with Crippen LogP contribution in [0.5, 0.6) is 11.5 Å². The van der Waals surface area contributed by atoms with Gasteiger partial charge < -0.3 is 58.7 Å². The van der Waals surface area contributed by atoms with Crippen molar-refractivity contribution in [1.82, 2.24) is 31.9 Å². The van der Waals surface area contributed by atoms with Crippen LogP contribution in [-0.2, 0) is 57.6 Å². The molecule has 19 nitrogen and oxygen atoms in total. The molecule has 19 heteroatoms. The number of carbonyl (C=O) groups is 8. The van der Waals surface area contributed by atoms with Crippen LogP contribution in [0.15, 0.2) is 78.9 Å². The van der Waals surface area contributed by atoms with Crippen LogP contribution < -0.4 is 43.4 Å². The fraction of sp³-hybridized carbons (Fsp3) is 0.366. The molecule has 3 aromatic carbocycles. The Balaban J connectivity index is 1.83. The van der Waals surface area contributed by atoms with Gasteiger partial charge in [0.1, 0.15) is 41.7 Å². The summed E-state index contributed by atoms with van der Waals surface area (Å²) >= 11 is 0. The average molecular weight is 833 g/mol. The van der Waals surface area contributed by atoms with E-state index in [1.54, 1.807) is 56.3 Å². The van der Waals surface area contributed by atoms with Crippen LogP contribution in [0.2, 0.25) is 0 Å².